The predicted octanol–water partition coefficient (Wildman–Crippen LogP) is 4.90. The fourth-order valence-electron chi connectivity index (χ4n) is 5.93. The summed E-state index contributed by atoms with van der Waals surface area (Å²) in [6, 6.07) is 13.8. The monoisotopic (exact) mass is 501 g/mol. The first-order valence-electron chi connectivity index (χ1n) is 13.1. The summed E-state index contributed by atoms with van der Waals surface area (Å²) < 4.78 is 46.2. The average molecular weight is 502 g/mol. The van der Waals surface area contributed by atoms with Crippen molar-refractivity contribution in [2.45, 2.75) is 56.8 Å². The van der Waals surface area contributed by atoms with Gasteiger partial charge >= 0.3 is 6.18 Å². The highest BCUT2D eigenvalue weighted by atomic mass is 19.4. The molecule has 1 saturated heterocycles. The molecule has 2 atom stereocenters. The van der Waals surface area contributed by atoms with Gasteiger partial charge in [0.25, 0.3) is 0 Å². The second-order valence-electron chi connectivity index (χ2n) is 10.2. The SMILES string of the molecule is O=C(NC1CCCCC1)[C@H]1Cc2cc(C(F)(F)F)ccc2N2CCN(CCOc3ccccc3)C[C@@H]12. The summed E-state index contributed by atoms with van der Waals surface area (Å²) in [5.41, 5.74) is 0.795. The molecule has 5 rings (SSSR count). The number of rotatable bonds is 6. The number of hydrogen-bond donors (Lipinski definition) is 1. The molecule has 0 bridgehead atoms. The lowest BCUT2D eigenvalue weighted by Crippen LogP contribution is -2.62. The van der Waals surface area contributed by atoms with Gasteiger partial charge in [0.1, 0.15) is 12.4 Å². The minimum atomic E-state index is -4.40. The molecular formula is C28H34F3N3O2. The lowest BCUT2D eigenvalue weighted by atomic mass is 9.82. The van der Waals surface area contributed by atoms with Crippen molar-refractivity contribution >= 4 is 11.6 Å². The van der Waals surface area contributed by atoms with E-state index in [2.05, 4.69) is 15.1 Å². The predicted molar refractivity (Wildman–Crippen MR) is 133 cm³/mol. The summed E-state index contributed by atoms with van der Waals surface area (Å²) in [4.78, 5) is 18.0. The Labute approximate surface area is 210 Å². The van der Waals surface area contributed by atoms with Crippen LogP contribution < -0.4 is 15.0 Å². The van der Waals surface area contributed by atoms with Crippen molar-refractivity contribution in [3.63, 3.8) is 0 Å². The van der Waals surface area contributed by atoms with Crippen molar-refractivity contribution in [1.82, 2.24) is 10.2 Å². The van der Waals surface area contributed by atoms with Crippen LogP contribution in [0.4, 0.5) is 18.9 Å². The number of piperazine rings is 1. The van der Waals surface area contributed by atoms with Crippen LogP contribution >= 0.6 is 0 Å². The molecular weight excluding hydrogens is 467 g/mol. The Balaban J connectivity index is 1.33. The standard InChI is InChI=1S/C28H34F3N3O2/c29-28(30,31)21-11-12-25-20(17-21)18-24(27(35)32-22-7-3-1-4-8-22)26-19-33(13-14-34(25)26)15-16-36-23-9-5-2-6-10-23/h2,5-6,9-12,17,22,24,26H,1,3-4,7-8,13-16,18-19H2,(H,32,35)/t24-,26-/m0/s1. The first-order valence-corrected chi connectivity index (χ1v) is 13.1. The number of carbonyl (C=O) groups is 1. The van der Waals surface area contributed by atoms with Crippen LogP contribution in [0.15, 0.2) is 48.5 Å². The summed E-state index contributed by atoms with van der Waals surface area (Å²) in [6.07, 6.45) is 1.29. The molecule has 0 aromatic heterocycles. The fraction of sp³-hybridized carbons (Fsp3) is 0.536. The zero-order valence-electron chi connectivity index (χ0n) is 20.5. The number of amides is 1. The fourth-order valence-corrected chi connectivity index (χ4v) is 5.93. The molecule has 3 aliphatic rings. The number of carbonyl (C=O) groups excluding carboxylic acids is 1. The molecule has 5 nitrogen and oxygen atoms in total. The van der Waals surface area contributed by atoms with Crippen LogP contribution in [-0.4, -0.2) is 55.7 Å². The van der Waals surface area contributed by atoms with Crippen molar-refractivity contribution in [2.75, 3.05) is 37.7 Å². The molecule has 2 aromatic carbocycles. The van der Waals surface area contributed by atoms with Gasteiger partial charge in [-0.2, -0.15) is 13.2 Å². The number of halogens is 3. The Kier molecular flexibility index (Phi) is 7.42. The third kappa shape index (κ3) is 5.64. The average Bonchev–Trinajstić information content (AvgIpc) is 2.88. The molecule has 1 amide bonds. The van der Waals surface area contributed by atoms with Gasteiger partial charge < -0.3 is 15.0 Å². The number of nitrogens with zero attached hydrogens (tertiary/aromatic N) is 2. The summed E-state index contributed by atoms with van der Waals surface area (Å²) in [5, 5.41) is 3.25. The van der Waals surface area contributed by atoms with E-state index >= 15 is 0 Å². The van der Waals surface area contributed by atoms with E-state index < -0.39 is 11.7 Å². The van der Waals surface area contributed by atoms with Gasteiger partial charge in [-0.25, -0.2) is 0 Å². The van der Waals surface area contributed by atoms with Gasteiger partial charge in [-0.15, -0.1) is 0 Å². The van der Waals surface area contributed by atoms with Crippen molar-refractivity contribution < 1.29 is 22.7 Å². The number of alkyl halides is 3. The number of ether oxygens (including phenoxy) is 1. The van der Waals surface area contributed by atoms with Gasteiger partial charge in [0.15, 0.2) is 0 Å². The molecule has 2 aliphatic heterocycles. The van der Waals surface area contributed by atoms with Crippen molar-refractivity contribution in [3.05, 3.63) is 59.7 Å². The molecule has 8 heteroatoms. The molecule has 36 heavy (non-hydrogen) atoms. The smallest absolute Gasteiger partial charge is 0.416 e. The van der Waals surface area contributed by atoms with Crippen molar-refractivity contribution in [1.29, 1.82) is 0 Å². The number of anilines is 1. The Morgan fingerprint density at radius 3 is 2.56 bits per heavy atom. The van der Waals surface area contributed by atoms with Crippen molar-refractivity contribution in [3.8, 4) is 5.75 Å². The lowest BCUT2D eigenvalue weighted by Gasteiger charge is -2.49. The summed E-state index contributed by atoms with van der Waals surface area (Å²) >= 11 is 0. The highest BCUT2D eigenvalue weighted by Crippen LogP contribution is 2.40. The topological polar surface area (TPSA) is 44.8 Å². The largest absolute Gasteiger partial charge is 0.492 e. The van der Waals surface area contributed by atoms with Gasteiger partial charge in [0.05, 0.1) is 17.5 Å². The van der Waals surface area contributed by atoms with Gasteiger partial charge in [-0.1, -0.05) is 37.5 Å². The molecule has 2 fully saturated rings. The van der Waals surface area contributed by atoms with E-state index in [-0.39, 0.29) is 23.9 Å². The zero-order chi connectivity index (χ0) is 25.1. The van der Waals surface area contributed by atoms with E-state index in [0.717, 1.165) is 50.2 Å². The zero-order valence-corrected chi connectivity index (χ0v) is 20.5. The van der Waals surface area contributed by atoms with E-state index in [1.807, 2.05) is 30.3 Å². The first-order chi connectivity index (χ1) is 17.4. The Morgan fingerprint density at radius 2 is 1.81 bits per heavy atom. The van der Waals surface area contributed by atoms with E-state index in [9.17, 15) is 18.0 Å². The third-order valence-corrected chi connectivity index (χ3v) is 7.83. The minimum absolute atomic E-state index is 0.0256. The molecule has 0 unspecified atom stereocenters. The maximum Gasteiger partial charge on any atom is 0.416 e. The van der Waals surface area contributed by atoms with E-state index in [1.54, 1.807) is 6.07 Å². The van der Waals surface area contributed by atoms with Crippen molar-refractivity contribution in [2.24, 2.45) is 5.92 Å². The van der Waals surface area contributed by atoms with Gasteiger partial charge in [-0.05, 0) is 55.2 Å². The summed E-state index contributed by atoms with van der Waals surface area (Å²) in [6.45, 7) is 3.40. The minimum Gasteiger partial charge on any atom is -0.492 e. The molecule has 2 heterocycles. The number of nitrogens with one attached hydrogen (secondary N) is 1. The van der Waals surface area contributed by atoms with Crippen LogP contribution in [0, 0.1) is 5.92 Å². The molecule has 1 N–H and O–H groups in total. The second kappa shape index (κ2) is 10.7. The Morgan fingerprint density at radius 1 is 1.03 bits per heavy atom. The number of para-hydroxylation sites is 1. The van der Waals surface area contributed by atoms with Gasteiger partial charge in [0.2, 0.25) is 5.91 Å². The molecule has 1 aliphatic carbocycles. The quantitative estimate of drug-likeness (QED) is 0.612. The molecule has 2 aromatic rings. The van der Waals surface area contributed by atoms with E-state index in [1.165, 1.54) is 18.6 Å². The highest BCUT2D eigenvalue weighted by Gasteiger charge is 2.43. The van der Waals surface area contributed by atoms with E-state index in [4.69, 9.17) is 4.74 Å². The van der Waals surface area contributed by atoms with Crippen LogP contribution in [0.5, 0.6) is 5.75 Å². The number of benzene rings is 2. The summed E-state index contributed by atoms with van der Waals surface area (Å²) in [7, 11) is 0. The van der Waals surface area contributed by atoms with Crippen LogP contribution in [-0.2, 0) is 17.4 Å². The molecule has 1 saturated carbocycles. The Bertz CT molecular complexity index is 1040. The highest BCUT2D eigenvalue weighted by molar-refractivity contribution is 5.82. The van der Waals surface area contributed by atoms with Crippen LogP contribution in [0.25, 0.3) is 0 Å². The van der Waals surface area contributed by atoms with Gasteiger partial charge in [-0.3, -0.25) is 9.69 Å². The van der Waals surface area contributed by atoms with Crippen LogP contribution in [0.1, 0.15) is 43.2 Å². The van der Waals surface area contributed by atoms with Crippen LogP contribution in [0.2, 0.25) is 0 Å². The molecule has 0 radical (unpaired) electrons. The normalized spacial score (nSPS) is 23.0. The summed E-state index contributed by atoms with van der Waals surface area (Å²) in [5.74, 6) is 0.413. The molecule has 194 valence electrons. The van der Waals surface area contributed by atoms with Crippen LogP contribution in [0.3, 0.4) is 0 Å². The molecule has 0 spiro atoms. The third-order valence-electron chi connectivity index (χ3n) is 7.83. The maximum atomic E-state index is 13.5. The number of hydrogen-bond acceptors (Lipinski definition) is 4. The second-order valence-corrected chi connectivity index (χ2v) is 10.2. The number of fused-ring (bicyclic) bond motifs is 3. The first kappa shape index (κ1) is 24.9. The maximum absolute atomic E-state index is 13.5. The Hall–Kier alpha value is -2.74. The van der Waals surface area contributed by atoms with E-state index in [0.29, 0.717) is 31.7 Å². The van der Waals surface area contributed by atoms with Gasteiger partial charge in [0, 0.05) is 37.9 Å². The lowest BCUT2D eigenvalue weighted by molar-refractivity contribution is -0.137.